The van der Waals surface area contributed by atoms with Crippen LogP contribution in [0.25, 0.3) is 21.3 Å². The third-order valence-electron chi connectivity index (χ3n) is 5.29. The average molecular weight is 479 g/mol. The summed E-state index contributed by atoms with van der Waals surface area (Å²) in [5.41, 5.74) is 21.0. The minimum Gasteiger partial charge on any atom is -0.495 e. The Morgan fingerprint density at radius 1 is 1.24 bits per heavy atom. The number of methoxy groups -OCH3 is 1. The van der Waals surface area contributed by atoms with E-state index in [2.05, 4.69) is 16.0 Å². The Kier molecular flexibility index (Phi) is 6.05. The summed E-state index contributed by atoms with van der Waals surface area (Å²) in [6, 6.07) is 11.3. The summed E-state index contributed by atoms with van der Waals surface area (Å²) >= 11 is 7.77. The molecular weight excluding hydrogens is 460 g/mol. The van der Waals surface area contributed by atoms with Gasteiger partial charge in [-0.25, -0.2) is 4.98 Å². The molecule has 0 aliphatic heterocycles. The van der Waals surface area contributed by atoms with E-state index in [1.807, 2.05) is 18.2 Å². The Morgan fingerprint density at radius 2 is 2.03 bits per heavy atom. The molecule has 1 aromatic carbocycles. The molecule has 0 spiro atoms. The van der Waals surface area contributed by atoms with E-state index < -0.39 is 5.91 Å². The highest BCUT2D eigenvalue weighted by molar-refractivity contribution is 7.21. The van der Waals surface area contributed by atoms with Crippen LogP contribution in [0.2, 0.25) is 5.02 Å². The van der Waals surface area contributed by atoms with Gasteiger partial charge in [-0.1, -0.05) is 23.7 Å². The number of fused-ring (bicyclic) bond motifs is 1. The zero-order chi connectivity index (χ0) is 23.7. The number of pyridine rings is 2. The molecule has 4 aromatic rings. The number of hydrogen-bond acceptors (Lipinski definition) is 8. The van der Waals surface area contributed by atoms with Crippen LogP contribution in [-0.2, 0) is 12.8 Å². The van der Waals surface area contributed by atoms with Gasteiger partial charge in [0.25, 0.3) is 5.91 Å². The molecule has 10 heteroatoms. The Morgan fingerprint density at radius 3 is 2.67 bits per heavy atom. The Hall–Kier alpha value is -3.87. The minimum atomic E-state index is -0.679. The van der Waals surface area contributed by atoms with Crippen molar-refractivity contribution in [2.75, 3.05) is 18.6 Å². The fourth-order valence-electron chi connectivity index (χ4n) is 3.77. The van der Waals surface area contributed by atoms with Crippen LogP contribution in [0.5, 0.6) is 5.75 Å². The number of carbonyl (C=O) groups is 1. The quantitative estimate of drug-likeness (QED) is 0.379. The van der Waals surface area contributed by atoms with Gasteiger partial charge in [-0.2, -0.15) is 5.26 Å². The maximum atomic E-state index is 11.9. The predicted octanol–water partition coefficient (Wildman–Crippen LogP) is 3.94. The summed E-state index contributed by atoms with van der Waals surface area (Å²) in [6.45, 7) is 0. The first-order valence-electron chi connectivity index (χ1n) is 9.84. The SMILES string of the molecule is COc1ccc(-c2c(C#N)c(N)nc3sc(C(N)=O)c(N)c23)c(CCc2ccccn2)c1Cl. The number of carbonyl (C=O) groups excluding carboxylic acids is 1. The zero-order valence-electron chi connectivity index (χ0n) is 17.6. The van der Waals surface area contributed by atoms with E-state index in [1.54, 1.807) is 18.3 Å². The first kappa shape index (κ1) is 22.3. The molecule has 0 saturated carbocycles. The Labute approximate surface area is 198 Å². The van der Waals surface area contributed by atoms with Gasteiger partial charge in [-0.15, -0.1) is 11.3 Å². The molecule has 0 aliphatic carbocycles. The molecule has 3 aromatic heterocycles. The van der Waals surface area contributed by atoms with Crippen molar-refractivity contribution in [1.29, 1.82) is 5.26 Å². The van der Waals surface area contributed by atoms with Crippen LogP contribution >= 0.6 is 22.9 Å². The van der Waals surface area contributed by atoms with Crippen LogP contribution < -0.4 is 21.9 Å². The lowest BCUT2D eigenvalue weighted by Crippen LogP contribution is -2.10. The van der Waals surface area contributed by atoms with Gasteiger partial charge in [0.1, 0.15) is 32.9 Å². The highest BCUT2D eigenvalue weighted by Gasteiger charge is 2.26. The minimum absolute atomic E-state index is 0.0277. The average Bonchev–Trinajstić information content (AvgIpc) is 3.14. The summed E-state index contributed by atoms with van der Waals surface area (Å²) in [6.07, 6.45) is 2.82. The third-order valence-corrected chi connectivity index (χ3v) is 6.82. The number of primary amides is 1. The first-order chi connectivity index (χ1) is 15.9. The molecule has 6 N–H and O–H groups in total. The van der Waals surface area contributed by atoms with Gasteiger partial charge < -0.3 is 21.9 Å². The second kappa shape index (κ2) is 8.94. The van der Waals surface area contributed by atoms with Gasteiger partial charge in [0, 0.05) is 22.8 Å². The van der Waals surface area contributed by atoms with Crippen molar-refractivity contribution in [3.8, 4) is 22.9 Å². The van der Waals surface area contributed by atoms with Crippen LogP contribution in [-0.4, -0.2) is 23.0 Å². The van der Waals surface area contributed by atoms with E-state index in [9.17, 15) is 10.1 Å². The summed E-state index contributed by atoms with van der Waals surface area (Å²) < 4.78 is 5.42. The highest BCUT2D eigenvalue weighted by Crippen LogP contribution is 2.46. The molecule has 0 unspecified atom stereocenters. The van der Waals surface area contributed by atoms with Crippen LogP contribution in [0.15, 0.2) is 36.5 Å². The van der Waals surface area contributed by atoms with Crippen molar-refractivity contribution in [3.05, 3.63) is 63.2 Å². The van der Waals surface area contributed by atoms with E-state index in [1.165, 1.54) is 7.11 Å². The number of halogens is 1. The van der Waals surface area contributed by atoms with Crippen LogP contribution in [0, 0.1) is 11.3 Å². The number of nitrogens with zero attached hydrogens (tertiary/aromatic N) is 3. The van der Waals surface area contributed by atoms with Gasteiger partial charge in [0.15, 0.2) is 0 Å². The third kappa shape index (κ3) is 3.91. The van der Waals surface area contributed by atoms with E-state index in [4.69, 9.17) is 33.5 Å². The number of rotatable bonds is 6. The van der Waals surface area contributed by atoms with Crippen molar-refractivity contribution in [1.82, 2.24) is 9.97 Å². The van der Waals surface area contributed by atoms with Gasteiger partial charge in [-0.3, -0.25) is 9.78 Å². The molecule has 0 saturated heterocycles. The smallest absolute Gasteiger partial charge is 0.260 e. The highest BCUT2D eigenvalue weighted by atomic mass is 35.5. The number of nitriles is 1. The van der Waals surface area contributed by atoms with Crippen molar-refractivity contribution in [3.63, 3.8) is 0 Å². The lowest BCUT2D eigenvalue weighted by molar-refractivity contribution is 0.100. The van der Waals surface area contributed by atoms with Gasteiger partial charge in [0.2, 0.25) is 0 Å². The molecule has 0 radical (unpaired) electrons. The molecular formula is C23H19ClN6O2S. The number of nitrogen functional groups attached to an aromatic ring is 2. The largest absolute Gasteiger partial charge is 0.495 e. The molecule has 4 rings (SSSR count). The predicted molar refractivity (Wildman–Crippen MR) is 130 cm³/mol. The van der Waals surface area contributed by atoms with Crippen LogP contribution in [0.1, 0.15) is 26.5 Å². The fraction of sp³-hybridized carbons (Fsp3) is 0.130. The van der Waals surface area contributed by atoms with E-state index in [0.29, 0.717) is 45.0 Å². The van der Waals surface area contributed by atoms with E-state index in [0.717, 1.165) is 22.6 Å². The maximum absolute atomic E-state index is 11.9. The first-order valence-corrected chi connectivity index (χ1v) is 11.0. The van der Waals surface area contributed by atoms with Gasteiger partial charge >= 0.3 is 0 Å². The number of ether oxygens (including phenoxy) is 1. The van der Waals surface area contributed by atoms with Gasteiger partial charge in [0.05, 0.1) is 17.8 Å². The molecule has 166 valence electrons. The number of thiophene rings is 1. The Balaban J connectivity index is 2.02. The molecule has 3 heterocycles. The second-order valence-corrected chi connectivity index (χ2v) is 8.55. The Bertz CT molecular complexity index is 1430. The number of benzene rings is 1. The number of anilines is 2. The molecule has 0 bridgehead atoms. The molecule has 0 aliphatic rings. The number of hydrogen-bond donors (Lipinski definition) is 3. The van der Waals surface area contributed by atoms with Crippen molar-refractivity contribution >= 4 is 50.6 Å². The molecule has 0 atom stereocenters. The summed E-state index contributed by atoms with van der Waals surface area (Å²) in [7, 11) is 1.53. The van der Waals surface area contributed by atoms with Gasteiger partial charge in [-0.05, 0) is 42.2 Å². The van der Waals surface area contributed by atoms with Crippen molar-refractivity contribution in [2.24, 2.45) is 5.73 Å². The normalized spacial score (nSPS) is 10.8. The molecule has 33 heavy (non-hydrogen) atoms. The number of aryl methyl sites for hydroxylation is 1. The van der Waals surface area contributed by atoms with Crippen molar-refractivity contribution in [2.45, 2.75) is 12.8 Å². The molecule has 1 amide bonds. The topological polar surface area (TPSA) is 154 Å². The summed E-state index contributed by atoms with van der Waals surface area (Å²) in [5, 5.41) is 10.8. The summed E-state index contributed by atoms with van der Waals surface area (Å²) in [4.78, 5) is 21.2. The number of aromatic nitrogens is 2. The zero-order valence-corrected chi connectivity index (χ0v) is 19.1. The molecule has 0 fully saturated rings. The lowest BCUT2D eigenvalue weighted by Gasteiger charge is -2.17. The van der Waals surface area contributed by atoms with E-state index in [-0.39, 0.29) is 21.9 Å². The van der Waals surface area contributed by atoms with Crippen molar-refractivity contribution < 1.29 is 9.53 Å². The van der Waals surface area contributed by atoms with E-state index >= 15 is 0 Å². The monoisotopic (exact) mass is 478 g/mol. The molecule has 8 nitrogen and oxygen atoms in total. The number of amides is 1. The second-order valence-electron chi connectivity index (χ2n) is 7.18. The fourth-order valence-corrected chi connectivity index (χ4v) is 5.07. The number of nitrogens with two attached hydrogens (primary N) is 3. The van der Waals surface area contributed by atoms with Crippen LogP contribution in [0.4, 0.5) is 11.5 Å². The van der Waals surface area contributed by atoms with Crippen LogP contribution in [0.3, 0.4) is 0 Å². The summed E-state index contributed by atoms with van der Waals surface area (Å²) in [5.74, 6) is -0.161. The standard InChI is InChI=1S/C23H19ClN6O2S/c1-32-15-8-7-12(13(18(15)24)6-5-11-4-2-3-9-29-11)16-14(10-25)21(27)30-23-17(16)19(26)20(33-23)22(28)31/h2-4,7-9H,5-6,26H2,1H3,(H2,27,30)(H2,28,31). The lowest BCUT2D eigenvalue weighted by atomic mass is 9.91. The maximum Gasteiger partial charge on any atom is 0.260 e.